The summed E-state index contributed by atoms with van der Waals surface area (Å²) in [6.07, 6.45) is 3.92. The van der Waals surface area contributed by atoms with Gasteiger partial charge in [0.2, 0.25) is 0 Å². The molecule has 1 rings (SSSR count). The van der Waals surface area contributed by atoms with E-state index in [-0.39, 0.29) is 5.56 Å². The average Bonchev–Trinajstić information content (AvgIpc) is 2.08. The standard InChI is InChI=1S/C10H14N2O/c1-4-12-6-5-11-9(10(12)13)7-8(2)3/h5-6H,2,4,7H2,1,3H3. The molecule has 0 aliphatic heterocycles. The maximum Gasteiger partial charge on any atom is 0.272 e. The minimum atomic E-state index is -0.00648. The fourth-order valence-corrected chi connectivity index (χ4v) is 1.15. The van der Waals surface area contributed by atoms with E-state index in [4.69, 9.17) is 0 Å². The van der Waals surface area contributed by atoms with Gasteiger partial charge in [-0.05, 0) is 13.8 Å². The smallest absolute Gasteiger partial charge is 0.272 e. The van der Waals surface area contributed by atoms with Gasteiger partial charge >= 0.3 is 0 Å². The molecule has 13 heavy (non-hydrogen) atoms. The molecule has 0 aliphatic carbocycles. The Labute approximate surface area is 77.7 Å². The van der Waals surface area contributed by atoms with Crippen LogP contribution in [0.3, 0.4) is 0 Å². The van der Waals surface area contributed by atoms with Crippen molar-refractivity contribution in [2.75, 3.05) is 0 Å². The molecule has 1 aromatic rings. The zero-order valence-corrected chi connectivity index (χ0v) is 8.08. The van der Waals surface area contributed by atoms with Gasteiger partial charge < -0.3 is 4.57 Å². The highest BCUT2D eigenvalue weighted by Gasteiger charge is 2.02. The number of nitrogens with zero attached hydrogens (tertiary/aromatic N) is 2. The first-order valence-corrected chi connectivity index (χ1v) is 4.34. The van der Waals surface area contributed by atoms with E-state index >= 15 is 0 Å². The maximum absolute atomic E-state index is 11.6. The lowest BCUT2D eigenvalue weighted by atomic mass is 10.2. The van der Waals surface area contributed by atoms with E-state index in [1.165, 1.54) is 0 Å². The Morgan fingerprint density at radius 3 is 2.92 bits per heavy atom. The molecule has 0 aromatic carbocycles. The van der Waals surface area contributed by atoms with Crippen LogP contribution < -0.4 is 5.56 Å². The second-order valence-corrected chi connectivity index (χ2v) is 3.10. The topological polar surface area (TPSA) is 34.9 Å². The molecule has 0 saturated heterocycles. The van der Waals surface area contributed by atoms with E-state index in [1.807, 2.05) is 13.8 Å². The Bertz CT molecular complexity index is 365. The van der Waals surface area contributed by atoms with Gasteiger partial charge in [-0.25, -0.2) is 0 Å². The van der Waals surface area contributed by atoms with Crippen LogP contribution in [0, 0.1) is 0 Å². The summed E-state index contributed by atoms with van der Waals surface area (Å²) in [5.41, 5.74) is 1.53. The molecule has 0 aliphatic rings. The first kappa shape index (κ1) is 9.71. The molecule has 3 heteroatoms. The van der Waals surface area contributed by atoms with Crippen LogP contribution in [0.15, 0.2) is 29.3 Å². The predicted molar refractivity (Wildman–Crippen MR) is 52.7 cm³/mol. The average molecular weight is 178 g/mol. The quantitative estimate of drug-likeness (QED) is 0.655. The number of hydrogen-bond donors (Lipinski definition) is 0. The second-order valence-electron chi connectivity index (χ2n) is 3.10. The monoisotopic (exact) mass is 178 g/mol. The first-order valence-electron chi connectivity index (χ1n) is 4.34. The largest absolute Gasteiger partial charge is 0.313 e. The summed E-state index contributed by atoms with van der Waals surface area (Å²) in [5, 5.41) is 0. The minimum absolute atomic E-state index is 0.00648. The maximum atomic E-state index is 11.6. The molecule has 0 fully saturated rings. The lowest BCUT2D eigenvalue weighted by Crippen LogP contribution is -2.23. The van der Waals surface area contributed by atoms with Crippen molar-refractivity contribution in [1.82, 2.24) is 9.55 Å². The molecule has 3 nitrogen and oxygen atoms in total. The molecule has 0 saturated carbocycles. The summed E-state index contributed by atoms with van der Waals surface area (Å²) in [7, 11) is 0. The third-order valence-corrected chi connectivity index (χ3v) is 1.79. The summed E-state index contributed by atoms with van der Waals surface area (Å²) in [6, 6.07) is 0. The van der Waals surface area contributed by atoms with Crippen molar-refractivity contribution >= 4 is 0 Å². The van der Waals surface area contributed by atoms with E-state index in [0.29, 0.717) is 18.7 Å². The molecule has 0 unspecified atom stereocenters. The van der Waals surface area contributed by atoms with E-state index in [9.17, 15) is 4.79 Å². The molecule has 0 spiro atoms. The van der Waals surface area contributed by atoms with Crippen LogP contribution in [0.4, 0.5) is 0 Å². The molecule has 0 N–H and O–H groups in total. The highest BCUT2D eigenvalue weighted by Crippen LogP contribution is 1.96. The summed E-state index contributed by atoms with van der Waals surface area (Å²) in [5.74, 6) is 0. The van der Waals surface area contributed by atoms with E-state index < -0.39 is 0 Å². The van der Waals surface area contributed by atoms with Gasteiger partial charge in [-0.3, -0.25) is 9.78 Å². The molecule has 0 bridgehead atoms. The van der Waals surface area contributed by atoms with Gasteiger partial charge in [0.25, 0.3) is 5.56 Å². The molecular formula is C10H14N2O. The van der Waals surface area contributed by atoms with Crippen LogP contribution in [0.25, 0.3) is 0 Å². The van der Waals surface area contributed by atoms with Gasteiger partial charge in [0.1, 0.15) is 5.69 Å². The normalized spacial score (nSPS) is 10.0. The van der Waals surface area contributed by atoms with Crippen molar-refractivity contribution in [1.29, 1.82) is 0 Å². The second kappa shape index (κ2) is 4.03. The Morgan fingerprint density at radius 2 is 2.38 bits per heavy atom. The molecule has 0 atom stereocenters. The number of rotatable bonds is 3. The van der Waals surface area contributed by atoms with Gasteiger partial charge in [0.15, 0.2) is 0 Å². The Kier molecular flexibility index (Phi) is 3.01. The fraction of sp³-hybridized carbons (Fsp3) is 0.400. The van der Waals surface area contributed by atoms with Crippen LogP contribution in [0.5, 0.6) is 0 Å². The fourth-order valence-electron chi connectivity index (χ4n) is 1.15. The number of hydrogen-bond acceptors (Lipinski definition) is 2. The van der Waals surface area contributed by atoms with Crippen molar-refractivity contribution in [2.24, 2.45) is 0 Å². The lowest BCUT2D eigenvalue weighted by molar-refractivity contribution is 0.702. The van der Waals surface area contributed by atoms with Gasteiger partial charge in [0, 0.05) is 25.4 Å². The number of allylic oxidation sites excluding steroid dienone is 1. The highest BCUT2D eigenvalue weighted by atomic mass is 16.1. The van der Waals surface area contributed by atoms with Crippen molar-refractivity contribution in [3.8, 4) is 0 Å². The van der Waals surface area contributed by atoms with Crippen LogP contribution in [-0.4, -0.2) is 9.55 Å². The van der Waals surface area contributed by atoms with Crippen molar-refractivity contribution in [3.63, 3.8) is 0 Å². The van der Waals surface area contributed by atoms with E-state index in [1.54, 1.807) is 17.0 Å². The van der Waals surface area contributed by atoms with Crippen LogP contribution in [0.2, 0.25) is 0 Å². The summed E-state index contributed by atoms with van der Waals surface area (Å²) < 4.78 is 1.64. The van der Waals surface area contributed by atoms with Gasteiger partial charge in [-0.2, -0.15) is 0 Å². The van der Waals surface area contributed by atoms with Gasteiger partial charge in [-0.1, -0.05) is 12.2 Å². The van der Waals surface area contributed by atoms with Crippen molar-refractivity contribution in [2.45, 2.75) is 26.8 Å². The minimum Gasteiger partial charge on any atom is -0.313 e. The summed E-state index contributed by atoms with van der Waals surface area (Å²) in [4.78, 5) is 15.6. The number of aryl methyl sites for hydroxylation is 1. The van der Waals surface area contributed by atoms with E-state index in [2.05, 4.69) is 11.6 Å². The third kappa shape index (κ3) is 2.28. The summed E-state index contributed by atoms with van der Waals surface area (Å²) in [6.45, 7) is 8.27. The van der Waals surface area contributed by atoms with Crippen molar-refractivity contribution in [3.05, 3.63) is 40.6 Å². The molecule has 1 aromatic heterocycles. The predicted octanol–water partition coefficient (Wildman–Crippen LogP) is 1.38. The SMILES string of the molecule is C=C(C)Cc1nccn(CC)c1=O. The zero-order chi connectivity index (χ0) is 9.84. The molecule has 0 radical (unpaired) electrons. The third-order valence-electron chi connectivity index (χ3n) is 1.79. The Balaban J connectivity index is 3.09. The van der Waals surface area contributed by atoms with E-state index in [0.717, 1.165) is 5.57 Å². The van der Waals surface area contributed by atoms with Crippen LogP contribution >= 0.6 is 0 Å². The first-order chi connectivity index (χ1) is 6.15. The van der Waals surface area contributed by atoms with Crippen LogP contribution in [0.1, 0.15) is 19.5 Å². The van der Waals surface area contributed by atoms with Gasteiger partial charge in [-0.15, -0.1) is 0 Å². The lowest BCUT2D eigenvalue weighted by Gasteiger charge is -2.03. The van der Waals surface area contributed by atoms with Crippen LogP contribution in [-0.2, 0) is 13.0 Å². The zero-order valence-electron chi connectivity index (χ0n) is 8.08. The van der Waals surface area contributed by atoms with Gasteiger partial charge in [0.05, 0.1) is 0 Å². The molecule has 0 amide bonds. The van der Waals surface area contributed by atoms with Crippen molar-refractivity contribution < 1.29 is 0 Å². The highest BCUT2D eigenvalue weighted by molar-refractivity contribution is 5.07. The molecule has 70 valence electrons. The molecule has 1 heterocycles. The Hall–Kier alpha value is -1.38. The number of aromatic nitrogens is 2. The Morgan fingerprint density at radius 1 is 1.69 bits per heavy atom. The summed E-state index contributed by atoms with van der Waals surface area (Å²) >= 11 is 0. The molecular weight excluding hydrogens is 164 g/mol.